The number of benzene rings is 1. The second-order valence-electron chi connectivity index (χ2n) is 6.46. The fraction of sp³-hybridized carbons (Fsp3) is 0.611. The summed E-state index contributed by atoms with van der Waals surface area (Å²) in [4.78, 5) is 12.0. The standard InChI is InChI=1S/C18H27NO4/c1-13(2)9-15(12-20)11-19-18(21)6-4-14-3-5-16-17(10-14)23-8-7-22-16/h3,5,10,13,15,20H,4,6-9,11-12H2,1-2H3,(H,19,21)/t15-/m1/s1. The summed E-state index contributed by atoms with van der Waals surface area (Å²) < 4.78 is 11.0. The number of carbonyl (C=O) groups excluding carboxylic acids is 1. The van der Waals surface area contributed by atoms with Gasteiger partial charge in [-0.3, -0.25) is 4.79 Å². The van der Waals surface area contributed by atoms with E-state index < -0.39 is 0 Å². The van der Waals surface area contributed by atoms with E-state index in [0.717, 1.165) is 23.5 Å². The van der Waals surface area contributed by atoms with Crippen molar-refractivity contribution in [2.24, 2.45) is 11.8 Å². The summed E-state index contributed by atoms with van der Waals surface area (Å²) in [6.45, 7) is 6.03. The normalized spacial score (nSPS) is 14.6. The molecule has 0 saturated heterocycles. The van der Waals surface area contributed by atoms with E-state index in [2.05, 4.69) is 19.2 Å². The number of ether oxygens (including phenoxy) is 2. The first-order valence-corrected chi connectivity index (χ1v) is 8.34. The summed E-state index contributed by atoms with van der Waals surface area (Å²) in [5.41, 5.74) is 1.06. The summed E-state index contributed by atoms with van der Waals surface area (Å²) in [6, 6.07) is 5.80. The quantitative estimate of drug-likeness (QED) is 0.770. The van der Waals surface area contributed by atoms with Gasteiger partial charge in [-0.05, 0) is 42.4 Å². The van der Waals surface area contributed by atoms with E-state index >= 15 is 0 Å². The van der Waals surface area contributed by atoms with Crippen molar-refractivity contribution in [2.45, 2.75) is 33.1 Å². The van der Waals surface area contributed by atoms with Crippen LogP contribution in [-0.2, 0) is 11.2 Å². The molecule has 0 fully saturated rings. The van der Waals surface area contributed by atoms with Crippen LogP contribution in [-0.4, -0.2) is 37.4 Å². The largest absolute Gasteiger partial charge is 0.486 e. The number of fused-ring (bicyclic) bond motifs is 1. The summed E-state index contributed by atoms with van der Waals surface area (Å²) in [7, 11) is 0. The summed E-state index contributed by atoms with van der Waals surface area (Å²) in [5.74, 6) is 2.19. The monoisotopic (exact) mass is 321 g/mol. The molecule has 0 saturated carbocycles. The van der Waals surface area contributed by atoms with Crippen molar-refractivity contribution in [3.05, 3.63) is 23.8 Å². The third kappa shape index (κ3) is 5.75. The summed E-state index contributed by atoms with van der Waals surface area (Å²) in [5, 5.41) is 12.2. The molecule has 0 aliphatic carbocycles. The molecule has 0 unspecified atom stereocenters. The Hall–Kier alpha value is -1.75. The van der Waals surface area contributed by atoms with Crippen molar-refractivity contribution in [1.29, 1.82) is 0 Å². The summed E-state index contributed by atoms with van der Waals surface area (Å²) >= 11 is 0. The van der Waals surface area contributed by atoms with Gasteiger partial charge in [-0.2, -0.15) is 0 Å². The van der Waals surface area contributed by atoms with E-state index in [1.54, 1.807) is 0 Å². The lowest BCUT2D eigenvalue weighted by Crippen LogP contribution is -2.31. The minimum atomic E-state index is 0.0158. The van der Waals surface area contributed by atoms with E-state index in [0.29, 0.717) is 38.5 Å². The Bertz CT molecular complexity index is 516. The lowest BCUT2D eigenvalue weighted by molar-refractivity contribution is -0.121. The van der Waals surface area contributed by atoms with E-state index in [1.165, 1.54) is 0 Å². The average Bonchev–Trinajstić information content (AvgIpc) is 2.56. The van der Waals surface area contributed by atoms with Gasteiger partial charge in [-0.25, -0.2) is 0 Å². The van der Waals surface area contributed by atoms with Crippen molar-refractivity contribution < 1.29 is 19.4 Å². The van der Waals surface area contributed by atoms with Crippen LogP contribution >= 0.6 is 0 Å². The van der Waals surface area contributed by atoms with E-state index in [4.69, 9.17) is 9.47 Å². The predicted molar refractivity (Wildman–Crippen MR) is 88.8 cm³/mol. The fourth-order valence-electron chi connectivity index (χ4n) is 2.74. The first kappa shape index (κ1) is 17.6. The van der Waals surface area contributed by atoms with Crippen molar-refractivity contribution in [2.75, 3.05) is 26.4 Å². The van der Waals surface area contributed by atoms with Crippen LogP contribution in [0.3, 0.4) is 0 Å². The third-order valence-electron chi connectivity index (χ3n) is 3.90. The predicted octanol–water partition coefficient (Wildman–Crippen LogP) is 2.16. The maximum Gasteiger partial charge on any atom is 0.220 e. The van der Waals surface area contributed by atoms with Crippen LogP contribution in [0, 0.1) is 11.8 Å². The second-order valence-corrected chi connectivity index (χ2v) is 6.46. The average molecular weight is 321 g/mol. The number of rotatable bonds is 8. The zero-order valence-electron chi connectivity index (χ0n) is 14.0. The number of aliphatic hydroxyl groups is 1. The molecule has 1 heterocycles. The maximum absolute atomic E-state index is 12.0. The van der Waals surface area contributed by atoms with Gasteiger partial charge in [0, 0.05) is 19.6 Å². The van der Waals surface area contributed by atoms with Crippen molar-refractivity contribution in [1.82, 2.24) is 5.32 Å². The van der Waals surface area contributed by atoms with Gasteiger partial charge in [-0.15, -0.1) is 0 Å². The van der Waals surface area contributed by atoms with Crippen LogP contribution < -0.4 is 14.8 Å². The highest BCUT2D eigenvalue weighted by Gasteiger charge is 2.13. The van der Waals surface area contributed by atoms with E-state index in [9.17, 15) is 9.90 Å². The number of carbonyl (C=O) groups is 1. The smallest absolute Gasteiger partial charge is 0.220 e. The highest BCUT2D eigenvalue weighted by atomic mass is 16.6. The van der Waals surface area contributed by atoms with Gasteiger partial charge in [0.2, 0.25) is 5.91 Å². The molecule has 0 radical (unpaired) electrons. The Morgan fingerprint density at radius 1 is 1.26 bits per heavy atom. The molecule has 2 N–H and O–H groups in total. The van der Waals surface area contributed by atoms with Gasteiger partial charge < -0.3 is 19.9 Å². The van der Waals surface area contributed by atoms with Crippen LogP contribution in [0.2, 0.25) is 0 Å². The molecule has 1 aliphatic heterocycles. The van der Waals surface area contributed by atoms with Crippen molar-refractivity contribution in [3.63, 3.8) is 0 Å². The number of nitrogens with one attached hydrogen (secondary N) is 1. The zero-order valence-corrected chi connectivity index (χ0v) is 14.0. The Balaban J connectivity index is 1.75. The molecule has 5 nitrogen and oxygen atoms in total. The number of amides is 1. The van der Waals surface area contributed by atoms with Crippen LogP contribution in [0.15, 0.2) is 18.2 Å². The molecular weight excluding hydrogens is 294 g/mol. The molecule has 5 heteroatoms. The Morgan fingerprint density at radius 3 is 2.70 bits per heavy atom. The van der Waals surface area contributed by atoms with Gasteiger partial charge in [0.05, 0.1) is 0 Å². The van der Waals surface area contributed by atoms with Crippen LogP contribution in [0.4, 0.5) is 0 Å². The minimum Gasteiger partial charge on any atom is -0.486 e. The number of hydrogen-bond acceptors (Lipinski definition) is 4. The molecule has 1 aromatic rings. The highest BCUT2D eigenvalue weighted by Crippen LogP contribution is 2.31. The van der Waals surface area contributed by atoms with Crippen LogP contribution in [0.1, 0.15) is 32.3 Å². The molecule has 1 atom stereocenters. The second kappa shape index (κ2) is 8.77. The first-order valence-electron chi connectivity index (χ1n) is 8.34. The van der Waals surface area contributed by atoms with Crippen LogP contribution in [0.5, 0.6) is 11.5 Å². The molecule has 0 aromatic heterocycles. The fourth-order valence-corrected chi connectivity index (χ4v) is 2.74. The molecule has 2 rings (SSSR count). The molecule has 0 bridgehead atoms. The van der Waals surface area contributed by atoms with Gasteiger partial charge in [-0.1, -0.05) is 19.9 Å². The molecule has 128 valence electrons. The highest BCUT2D eigenvalue weighted by molar-refractivity contribution is 5.76. The van der Waals surface area contributed by atoms with Crippen LogP contribution in [0.25, 0.3) is 0 Å². The maximum atomic E-state index is 12.0. The summed E-state index contributed by atoms with van der Waals surface area (Å²) in [6.07, 6.45) is 2.01. The zero-order chi connectivity index (χ0) is 16.7. The Kier molecular flexibility index (Phi) is 6.71. The van der Waals surface area contributed by atoms with Crippen molar-refractivity contribution >= 4 is 5.91 Å². The van der Waals surface area contributed by atoms with Crippen molar-refractivity contribution in [3.8, 4) is 11.5 Å². The lowest BCUT2D eigenvalue weighted by Gasteiger charge is -2.19. The Morgan fingerprint density at radius 2 is 2.00 bits per heavy atom. The number of aryl methyl sites for hydroxylation is 1. The third-order valence-corrected chi connectivity index (χ3v) is 3.90. The molecule has 1 aliphatic rings. The molecule has 23 heavy (non-hydrogen) atoms. The molecule has 1 amide bonds. The SMILES string of the molecule is CC(C)C[C@@H](CO)CNC(=O)CCc1ccc2c(c1)OCCO2. The topological polar surface area (TPSA) is 67.8 Å². The number of hydrogen-bond donors (Lipinski definition) is 2. The van der Waals surface area contributed by atoms with Gasteiger partial charge in [0.15, 0.2) is 11.5 Å². The van der Waals surface area contributed by atoms with E-state index in [-0.39, 0.29) is 18.4 Å². The number of aliphatic hydroxyl groups excluding tert-OH is 1. The molecule has 0 spiro atoms. The van der Waals surface area contributed by atoms with Gasteiger partial charge >= 0.3 is 0 Å². The Labute approximate surface area is 138 Å². The molecule has 1 aromatic carbocycles. The van der Waals surface area contributed by atoms with Gasteiger partial charge in [0.25, 0.3) is 0 Å². The van der Waals surface area contributed by atoms with Gasteiger partial charge in [0.1, 0.15) is 13.2 Å². The lowest BCUT2D eigenvalue weighted by atomic mass is 9.98. The molecular formula is C18H27NO4. The van der Waals surface area contributed by atoms with E-state index in [1.807, 2.05) is 18.2 Å². The first-order chi connectivity index (χ1) is 11.1. The minimum absolute atomic E-state index is 0.0158.